The van der Waals surface area contributed by atoms with Crippen LogP contribution < -0.4 is 10.5 Å². The molecule has 2 N–H and O–H groups in total. The first-order valence-corrected chi connectivity index (χ1v) is 5.22. The van der Waals surface area contributed by atoms with Crippen molar-refractivity contribution < 1.29 is 4.74 Å². The van der Waals surface area contributed by atoms with Gasteiger partial charge in [0.2, 0.25) is 0 Å². The first-order chi connectivity index (χ1) is 6.77. The minimum absolute atomic E-state index is 0.758. The van der Waals surface area contributed by atoms with E-state index in [2.05, 4.69) is 11.8 Å². The summed E-state index contributed by atoms with van der Waals surface area (Å²) >= 11 is 1.62. The van der Waals surface area contributed by atoms with E-state index in [4.69, 9.17) is 10.5 Å². The molecule has 74 valence electrons. The molecule has 1 aromatic rings. The van der Waals surface area contributed by atoms with E-state index in [9.17, 15) is 0 Å². The zero-order valence-electron chi connectivity index (χ0n) is 8.33. The molecule has 0 saturated heterocycles. The molecule has 14 heavy (non-hydrogen) atoms. The maximum Gasteiger partial charge on any atom is 0.120 e. The van der Waals surface area contributed by atoms with E-state index in [0.29, 0.717) is 0 Å². The second-order valence-corrected chi connectivity index (χ2v) is 3.64. The summed E-state index contributed by atoms with van der Waals surface area (Å²) in [7, 11) is 1.64. The highest BCUT2D eigenvalue weighted by Gasteiger charge is 2.00. The molecular weight excluding hydrogens is 194 g/mol. The second kappa shape index (κ2) is 5.46. The normalized spacial score (nSPS) is 9.00. The van der Waals surface area contributed by atoms with Gasteiger partial charge in [0.25, 0.3) is 0 Å². The first-order valence-electron chi connectivity index (χ1n) is 4.24. The summed E-state index contributed by atoms with van der Waals surface area (Å²) < 4.78 is 5.11. The van der Waals surface area contributed by atoms with Gasteiger partial charge in [-0.15, -0.1) is 17.7 Å². The average molecular weight is 207 g/mol. The zero-order chi connectivity index (χ0) is 10.4. The van der Waals surface area contributed by atoms with Crippen LogP contribution in [-0.2, 0) is 0 Å². The fourth-order valence-corrected chi connectivity index (χ4v) is 1.76. The Morgan fingerprint density at radius 2 is 2.29 bits per heavy atom. The summed E-state index contributed by atoms with van der Waals surface area (Å²) in [5, 5.41) is 0. The number of rotatable bonds is 3. The van der Waals surface area contributed by atoms with Gasteiger partial charge in [0.15, 0.2) is 0 Å². The number of nitrogens with two attached hydrogens (primary N) is 1. The molecule has 1 rings (SSSR count). The smallest absolute Gasteiger partial charge is 0.120 e. The van der Waals surface area contributed by atoms with Crippen molar-refractivity contribution in [2.24, 2.45) is 0 Å². The Kier molecular flexibility index (Phi) is 4.21. The van der Waals surface area contributed by atoms with E-state index in [1.165, 1.54) is 0 Å². The summed E-state index contributed by atoms with van der Waals surface area (Å²) in [6.07, 6.45) is 0. The van der Waals surface area contributed by atoms with Gasteiger partial charge in [-0.05, 0) is 25.1 Å². The topological polar surface area (TPSA) is 35.2 Å². The van der Waals surface area contributed by atoms with Crippen molar-refractivity contribution in [2.45, 2.75) is 11.8 Å². The largest absolute Gasteiger partial charge is 0.497 e. The average Bonchev–Trinajstić information content (AvgIpc) is 2.21. The minimum Gasteiger partial charge on any atom is -0.497 e. The second-order valence-electron chi connectivity index (χ2n) is 2.62. The maximum atomic E-state index is 5.80. The molecule has 0 aliphatic carbocycles. The number of hydrogen-bond donors (Lipinski definition) is 1. The van der Waals surface area contributed by atoms with Crippen molar-refractivity contribution in [1.82, 2.24) is 0 Å². The molecule has 0 aliphatic rings. The van der Waals surface area contributed by atoms with Crippen molar-refractivity contribution in [1.29, 1.82) is 0 Å². The summed E-state index contributed by atoms with van der Waals surface area (Å²) in [6.45, 7) is 1.83. The number of hydrogen-bond acceptors (Lipinski definition) is 3. The molecule has 0 unspecified atom stereocenters. The Bertz CT molecular complexity index is 365. The van der Waals surface area contributed by atoms with E-state index in [1.807, 2.05) is 25.1 Å². The van der Waals surface area contributed by atoms with Crippen LogP contribution in [0, 0.1) is 11.8 Å². The van der Waals surface area contributed by atoms with Crippen molar-refractivity contribution >= 4 is 17.4 Å². The highest BCUT2D eigenvalue weighted by Crippen LogP contribution is 2.28. The van der Waals surface area contributed by atoms with E-state index >= 15 is 0 Å². The van der Waals surface area contributed by atoms with Crippen molar-refractivity contribution in [3.63, 3.8) is 0 Å². The predicted octanol–water partition coefficient (Wildman–Crippen LogP) is 2.39. The third kappa shape index (κ3) is 2.90. The van der Waals surface area contributed by atoms with Gasteiger partial charge >= 0.3 is 0 Å². The van der Waals surface area contributed by atoms with Crippen LogP contribution in [0.2, 0.25) is 0 Å². The fourth-order valence-electron chi connectivity index (χ4n) is 0.953. The number of methoxy groups -OCH3 is 1. The van der Waals surface area contributed by atoms with E-state index in [-0.39, 0.29) is 0 Å². The van der Waals surface area contributed by atoms with Crippen LogP contribution in [0.25, 0.3) is 0 Å². The summed E-state index contributed by atoms with van der Waals surface area (Å²) in [5.41, 5.74) is 6.57. The highest BCUT2D eigenvalue weighted by atomic mass is 32.2. The van der Waals surface area contributed by atoms with Crippen LogP contribution in [0.5, 0.6) is 5.75 Å². The van der Waals surface area contributed by atoms with Gasteiger partial charge in [-0.3, -0.25) is 0 Å². The molecule has 0 spiro atoms. The van der Waals surface area contributed by atoms with Crippen LogP contribution >= 0.6 is 11.8 Å². The van der Waals surface area contributed by atoms with E-state index in [0.717, 1.165) is 22.1 Å². The van der Waals surface area contributed by atoms with E-state index in [1.54, 1.807) is 18.9 Å². The van der Waals surface area contributed by atoms with Gasteiger partial charge in [-0.2, -0.15) is 0 Å². The number of anilines is 1. The zero-order valence-corrected chi connectivity index (χ0v) is 9.15. The Morgan fingerprint density at radius 3 is 2.93 bits per heavy atom. The predicted molar refractivity (Wildman–Crippen MR) is 61.6 cm³/mol. The standard InChI is InChI=1S/C11H13NOS/c1-3-4-7-14-11-8-9(13-2)5-6-10(11)12/h5-6,8H,7,12H2,1-2H3. The molecule has 0 fully saturated rings. The lowest BCUT2D eigenvalue weighted by molar-refractivity contribution is 0.414. The van der Waals surface area contributed by atoms with Crippen LogP contribution in [0.3, 0.4) is 0 Å². The summed E-state index contributed by atoms with van der Waals surface area (Å²) in [4.78, 5) is 1.02. The lowest BCUT2D eigenvalue weighted by Crippen LogP contribution is -1.90. The SMILES string of the molecule is CC#CCSc1cc(OC)ccc1N. The molecule has 1 aromatic carbocycles. The molecule has 0 saturated carbocycles. The monoisotopic (exact) mass is 207 g/mol. The third-order valence-corrected chi connectivity index (χ3v) is 2.65. The number of benzene rings is 1. The number of thioether (sulfide) groups is 1. The van der Waals surface area contributed by atoms with Crippen LogP contribution in [0.4, 0.5) is 5.69 Å². The van der Waals surface area contributed by atoms with E-state index < -0.39 is 0 Å². The van der Waals surface area contributed by atoms with Crippen LogP contribution in [0.1, 0.15) is 6.92 Å². The van der Waals surface area contributed by atoms with Crippen LogP contribution in [0.15, 0.2) is 23.1 Å². The molecule has 0 aromatic heterocycles. The van der Waals surface area contributed by atoms with Crippen molar-refractivity contribution in [2.75, 3.05) is 18.6 Å². The van der Waals surface area contributed by atoms with Crippen molar-refractivity contribution in [3.05, 3.63) is 18.2 Å². The molecule has 0 heterocycles. The number of ether oxygens (including phenoxy) is 1. The van der Waals surface area contributed by atoms with Gasteiger partial charge in [0.05, 0.1) is 12.9 Å². The lowest BCUT2D eigenvalue weighted by atomic mass is 10.3. The maximum absolute atomic E-state index is 5.80. The summed E-state index contributed by atoms with van der Waals surface area (Å²) in [6, 6.07) is 5.63. The van der Waals surface area contributed by atoms with Gasteiger partial charge in [-0.25, -0.2) is 0 Å². The molecule has 0 amide bonds. The Morgan fingerprint density at radius 1 is 1.50 bits per heavy atom. The Balaban J connectivity index is 2.76. The minimum atomic E-state index is 0.758. The molecular formula is C11H13NOS. The van der Waals surface area contributed by atoms with Crippen LogP contribution in [-0.4, -0.2) is 12.9 Å². The highest BCUT2D eigenvalue weighted by molar-refractivity contribution is 7.99. The van der Waals surface area contributed by atoms with Gasteiger partial charge in [0, 0.05) is 10.6 Å². The Labute approximate surface area is 88.8 Å². The molecule has 2 nitrogen and oxygen atoms in total. The molecule has 0 atom stereocenters. The molecule has 0 bridgehead atoms. The fraction of sp³-hybridized carbons (Fsp3) is 0.273. The first kappa shape index (κ1) is 10.8. The van der Waals surface area contributed by atoms with Gasteiger partial charge in [0.1, 0.15) is 5.75 Å². The van der Waals surface area contributed by atoms with Gasteiger partial charge in [-0.1, -0.05) is 5.92 Å². The molecule has 3 heteroatoms. The number of nitrogen functional groups attached to an aromatic ring is 1. The Hall–Kier alpha value is -1.27. The summed E-state index contributed by atoms with van der Waals surface area (Å²) in [5.74, 6) is 7.40. The van der Waals surface area contributed by atoms with Gasteiger partial charge < -0.3 is 10.5 Å². The molecule has 0 radical (unpaired) electrons. The van der Waals surface area contributed by atoms with Crippen molar-refractivity contribution in [3.8, 4) is 17.6 Å². The quantitative estimate of drug-likeness (QED) is 0.469. The third-order valence-electron chi connectivity index (χ3n) is 1.70. The molecule has 0 aliphatic heterocycles. The lowest BCUT2D eigenvalue weighted by Gasteiger charge is -2.05.